The Kier molecular flexibility index (Phi) is 2.99. The summed E-state index contributed by atoms with van der Waals surface area (Å²) >= 11 is 0. The van der Waals surface area contributed by atoms with Crippen LogP contribution in [0, 0.1) is 0 Å². The highest BCUT2D eigenvalue weighted by Crippen LogP contribution is 2.30. The second-order valence-electron chi connectivity index (χ2n) is 4.64. The highest BCUT2D eigenvalue weighted by molar-refractivity contribution is 5.86. The number of rotatable bonds is 3. The van der Waals surface area contributed by atoms with Crippen molar-refractivity contribution in [2.45, 2.75) is 12.8 Å². The maximum Gasteiger partial charge on any atom is 0.310 e. The molecular weight excluding hydrogens is 254 g/mol. The van der Waals surface area contributed by atoms with Gasteiger partial charge in [0.1, 0.15) is 5.52 Å². The van der Waals surface area contributed by atoms with Gasteiger partial charge in [0.2, 0.25) is 5.89 Å². The van der Waals surface area contributed by atoms with Gasteiger partial charge in [-0.2, -0.15) is 0 Å². The van der Waals surface area contributed by atoms with Gasteiger partial charge in [-0.05, 0) is 25.1 Å². The number of aliphatic carboxylic acids is 1. The number of fused-ring (bicyclic) bond motifs is 1. The molecule has 0 bridgehead atoms. The minimum absolute atomic E-state index is 0.505. The SMILES string of the molecule is CC(C(=O)O)c1cccc2nc(-c3ccccc3)oc12. The number of nitrogens with zero attached hydrogens (tertiary/aromatic N) is 1. The van der Waals surface area contributed by atoms with Gasteiger partial charge in [0, 0.05) is 11.1 Å². The third-order valence-electron chi connectivity index (χ3n) is 3.30. The molecule has 100 valence electrons. The number of hydrogen-bond donors (Lipinski definition) is 1. The van der Waals surface area contributed by atoms with E-state index in [2.05, 4.69) is 4.98 Å². The molecule has 4 heteroatoms. The summed E-state index contributed by atoms with van der Waals surface area (Å²) in [5.74, 6) is -1.00. The summed E-state index contributed by atoms with van der Waals surface area (Å²) in [6, 6.07) is 14.9. The van der Waals surface area contributed by atoms with Crippen LogP contribution < -0.4 is 0 Å². The topological polar surface area (TPSA) is 63.3 Å². The van der Waals surface area contributed by atoms with Crippen molar-refractivity contribution in [2.75, 3.05) is 0 Å². The van der Waals surface area contributed by atoms with E-state index >= 15 is 0 Å². The minimum Gasteiger partial charge on any atom is -0.481 e. The van der Waals surface area contributed by atoms with Gasteiger partial charge in [0.25, 0.3) is 0 Å². The second-order valence-corrected chi connectivity index (χ2v) is 4.64. The van der Waals surface area contributed by atoms with Crippen LogP contribution in [0.25, 0.3) is 22.6 Å². The molecule has 0 radical (unpaired) electrons. The van der Waals surface area contributed by atoms with Gasteiger partial charge in [0.05, 0.1) is 5.92 Å². The number of benzene rings is 2. The predicted octanol–water partition coefficient (Wildman–Crippen LogP) is 3.68. The van der Waals surface area contributed by atoms with Crippen molar-refractivity contribution in [3.63, 3.8) is 0 Å². The molecule has 1 atom stereocenters. The smallest absolute Gasteiger partial charge is 0.310 e. The summed E-state index contributed by atoms with van der Waals surface area (Å²) in [5.41, 5.74) is 2.73. The van der Waals surface area contributed by atoms with Crippen LogP contribution in [0.1, 0.15) is 18.4 Å². The Balaban J connectivity index is 2.17. The zero-order valence-electron chi connectivity index (χ0n) is 10.9. The molecule has 0 aliphatic carbocycles. The quantitative estimate of drug-likeness (QED) is 0.786. The Labute approximate surface area is 115 Å². The molecule has 3 aromatic rings. The first-order valence-corrected chi connectivity index (χ1v) is 6.34. The van der Waals surface area contributed by atoms with Crippen molar-refractivity contribution in [1.82, 2.24) is 4.98 Å². The average Bonchev–Trinajstić information content (AvgIpc) is 2.91. The standard InChI is InChI=1S/C16H13NO3/c1-10(16(18)19)12-8-5-9-13-14(12)20-15(17-13)11-6-3-2-4-7-11/h2-10H,1H3,(H,18,19). The summed E-state index contributed by atoms with van der Waals surface area (Å²) in [6.07, 6.45) is 0. The first-order chi connectivity index (χ1) is 9.66. The molecule has 20 heavy (non-hydrogen) atoms. The molecule has 2 aromatic carbocycles. The third kappa shape index (κ3) is 2.05. The molecule has 1 N–H and O–H groups in total. The van der Waals surface area contributed by atoms with E-state index in [1.54, 1.807) is 19.1 Å². The Morgan fingerprint density at radius 2 is 1.90 bits per heavy atom. The Morgan fingerprint density at radius 3 is 2.60 bits per heavy atom. The highest BCUT2D eigenvalue weighted by atomic mass is 16.4. The number of para-hydroxylation sites is 1. The summed E-state index contributed by atoms with van der Waals surface area (Å²) in [7, 11) is 0. The van der Waals surface area contributed by atoms with Crippen LogP contribution in [0.3, 0.4) is 0 Å². The number of carboxylic acids is 1. The molecule has 1 heterocycles. The summed E-state index contributed by atoms with van der Waals surface area (Å²) in [5, 5.41) is 9.16. The molecule has 0 fully saturated rings. The third-order valence-corrected chi connectivity index (χ3v) is 3.30. The fourth-order valence-electron chi connectivity index (χ4n) is 2.15. The fourth-order valence-corrected chi connectivity index (χ4v) is 2.15. The van der Waals surface area contributed by atoms with E-state index in [9.17, 15) is 4.79 Å². The molecular formula is C16H13NO3. The first kappa shape index (κ1) is 12.4. The van der Waals surface area contributed by atoms with Crippen molar-refractivity contribution in [3.05, 3.63) is 54.1 Å². The Morgan fingerprint density at radius 1 is 1.15 bits per heavy atom. The molecule has 0 saturated heterocycles. The average molecular weight is 267 g/mol. The molecule has 3 rings (SSSR count). The molecule has 0 saturated carbocycles. The van der Waals surface area contributed by atoms with Crippen molar-refractivity contribution in [1.29, 1.82) is 0 Å². The number of carbonyl (C=O) groups is 1. The highest BCUT2D eigenvalue weighted by Gasteiger charge is 2.20. The van der Waals surface area contributed by atoms with Gasteiger partial charge in [-0.3, -0.25) is 4.79 Å². The lowest BCUT2D eigenvalue weighted by atomic mass is 10.0. The number of hydrogen-bond acceptors (Lipinski definition) is 3. The summed E-state index contributed by atoms with van der Waals surface area (Å²) in [4.78, 5) is 15.6. The van der Waals surface area contributed by atoms with E-state index in [4.69, 9.17) is 9.52 Å². The molecule has 0 aliphatic rings. The van der Waals surface area contributed by atoms with Gasteiger partial charge in [0.15, 0.2) is 5.58 Å². The lowest BCUT2D eigenvalue weighted by Crippen LogP contribution is -2.07. The van der Waals surface area contributed by atoms with E-state index < -0.39 is 11.9 Å². The Bertz CT molecular complexity index is 762. The zero-order valence-corrected chi connectivity index (χ0v) is 10.9. The van der Waals surface area contributed by atoms with Crippen LogP contribution in [0.5, 0.6) is 0 Å². The van der Waals surface area contributed by atoms with Crippen molar-refractivity contribution in [2.24, 2.45) is 0 Å². The largest absolute Gasteiger partial charge is 0.481 e. The van der Waals surface area contributed by atoms with E-state index in [-0.39, 0.29) is 0 Å². The molecule has 0 aliphatic heterocycles. The lowest BCUT2D eigenvalue weighted by Gasteiger charge is -2.05. The molecule has 0 amide bonds. The van der Waals surface area contributed by atoms with Gasteiger partial charge >= 0.3 is 5.97 Å². The second kappa shape index (κ2) is 4.81. The van der Waals surface area contributed by atoms with E-state index in [1.165, 1.54) is 0 Å². The molecule has 1 unspecified atom stereocenters. The van der Waals surface area contributed by atoms with Gasteiger partial charge in [-0.15, -0.1) is 0 Å². The van der Waals surface area contributed by atoms with Gasteiger partial charge in [-0.1, -0.05) is 30.3 Å². The molecule has 0 spiro atoms. The summed E-state index contributed by atoms with van der Waals surface area (Å²) in [6.45, 7) is 1.64. The fraction of sp³-hybridized carbons (Fsp3) is 0.125. The van der Waals surface area contributed by atoms with Crippen molar-refractivity contribution in [3.8, 4) is 11.5 Å². The van der Waals surface area contributed by atoms with Crippen LogP contribution in [-0.4, -0.2) is 16.1 Å². The van der Waals surface area contributed by atoms with Gasteiger partial charge < -0.3 is 9.52 Å². The van der Waals surface area contributed by atoms with Gasteiger partial charge in [-0.25, -0.2) is 4.98 Å². The van der Waals surface area contributed by atoms with Crippen molar-refractivity contribution < 1.29 is 14.3 Å². The number of carboxylic acid groups (broad SMARTS) is 1. The van der Waals surface area contributed by atoms with Crippen LogP contribution in [0.2, 0.25) is 0 Å². The normalized spacial score (nSPS) is 12.4. The number of oxazole rings is 1. The number of aromatic nitrogens is 1. The van der Waals surface area contributed by atoms with E-state index in [1.807, 2.05) is 36.4 Å². The maximum absolute atomic E-state index is 11.2. The van der Waals surface area contributed by atoms with Crippen LogP contribution in [0.15, 0.2) is 52.9 Å². The lowest BCUT2D eigenvalue weighted by molar-refractivity contribution is -0.138. The first-order valence-electron chi connectivity index (χ1n) is 6.34. The van der Waals surface area contributed by atoms with Crippen LogP contribution >= 0.6 is 0 Å². The minimum atomic E-state index is -0.879. The maximum atomic E-state index is 11.2. The van der Waals surface area contributed by atoms with E-state index in [0.717, 1.165) is 5.56 Å². The molecule has 1 aromatic heterocycles. The summed E-state index contributed by atoms with van der Waals surface area (Å²) < 4.78 is 5.78. The van der Waals surface area contributed by atoms with E-state index in [0.29, 0.717) is 22.6 Å². The monoisotopic (exact) mass is 267 g/mol. The van der Waals surface area contributed by atoms with Crippen LogP contribution in [-0.2, 0) is 4.79 Å². The molecule has 4 nitrogen and oxygen atoms in total. The van der Waals surface area contributed by atoms with Crippen molar-refractivity contribution >= 4 is 17.1 Å². The predicted molar refractivity (Wildman–Crippen MR) is 75.5 cm³/mol. The Hall–Kier alpha value is -2.62. The zero-order chi connectivity index (χ0) is 14.1. The van der Waals surface area contributed by atoms with Crippen LogP contribution in [0.4, 0.5) is 0 Å².